The zero-order valence-corrected chi connectivity index (χ0v) is 21.5. The van der Waals surface area contributed by atoms with Gasteiger partial charge < -0.3 is 19.7 Å². The number of methoxy groups -OCH3 is 1. The van der Waals surface area contributed by atoms with Gasteiger partial charge in [-0.3, -0.25) is 14.4 Å². The fourth-order valence-corrected chi connectivity index (χ4v) is 4.22. The summed E-state index contributed by atoms with van der Waals surface area (Å²) in [4.78, 5) is 63.0. The molecule has 1 unspecified atom stereocenters. The number of carbonyl (C=O) groups excluding carboxylic acids is 5. The molecule has 9 nitrogen and oxygen atoms in total. The molecule has 1 aliphatic rings. The van der Waals surface area contributed by atoms with E-state index in [0.717, 1.165) is 11.1 Å². The highest BCUT2D eigenvalue weighted by molar-refractivity contribution is 5.99. The number of alkyl carbamates (subject to hydrolysis) is 1. The molecular formula is C28H32N2O7. The fraction of sp³-hybridized carbons (Fsp3) is 0.393. The number of carbonyl (C=O) groups is 5. The van der Waals surface area contributed by atoms with E-state index in [9.17, 15) is 24.0 Å². The van der Waals surface area contributed by atoms with Gasteiger partial charge in [-0.15, -0.1) is 0 Å². The van der Waals surface area contributed by atoms with Crippen LogP contribution in [-0.2, 0) is 19.1 Å². The fourth-order valence-electron chi connectivity index (χ4n) is 4.22. The summed E-state index contributed by atoms with van der Waals surface area (Å²) in [6, 6.07) is 12.4. The van der Waals surface area contributed by atoms with Gasteiger partial charge in [0.15, 0.2) is 18.2 Å². The molecule has 2 amide bonds. The summed E-state index contributed by atoms with van der Waals surface area (Å²) in [5, 5.41) is 2.52. The van der Waals surface area contributed by atoms with Gasteiger partial charge in [-0.1, -0.05) is 62.4 Å². The highest BCUT2D eigenvalue weighted by Gasteiger charge is 2.39. The maximum absolute atomic E-state index is 13.1. The van der Waals surface area contributed by atoms with E-state index in [4.69, 9.17) is 4.74 Å². The summed E-state index contributed by atoms with van der Waals surface area (Å²) in [5.41, 5.74) is 2.80. The summed E-state index contributed by atoms with van der Waals surface area (Å²) >= 11 is 0. The Hall–Kier alpha value is -4.01. The van der Waals surface area contributed by atoms with E-state index in [2.05, 4.69) is 10.1 Å². The topological polar surface area (TPSA) is 119 Å². The Kier molecular flexibility index (Phi) is 9.16. The first-order valence-electron chi connectivity index (χ1n) is 12.2. The molecule has 2 atom stereocenters. The number of nitrogens with zero attached hydrogens (tertiary/aromatic N) is 1. The average Bonchev–Trinajstić information content (AvgIpc) is 3.40. The Morgan fingerprint density at radius 1 is 0.946 bits per heavy atom. The van der Waals surface area contributed by atoms with E-state index in [1.165, 1.54) is 18.9 Å². The maximum atomic E-state index is 13.1. The van der Waals surface area contributed by atoms with E-state index in [-0.39, 0.29) is 17.5 Å². The molecule has 2 aromatic rings. The summed E-state index contributed by atoms with van der Waals surface area (Å²) in [6.07, 6.45) is 0.297. The van der Waals surface area contributed by atoms with Gasteiger partial charge in [-0.2, -0.15) is 0 Å². The number of ether oxygens (including phenoxy) is 2. The van der Waals surface area contributed by atoms with Gasteiger partial charge in [-0.05, 0) is 36.8 Å². The van der Waals surface area contributed by atoms with Crippen molar-refractivity contribution in [3.63, 3.8) is 0 Å². The Balaban J connectivity index is 1.59. The number of Topliss-reactive ketones (excluding diaryl/α,β-unsaturated/α-hetero) is 2. The highest BCUT2D eigenvalue weighted by atomic mass is 16.5. The number of amides is 2. The van der Waals surface area contributed by atoms with Gasteiger partial charge in [0.05, 0.1) is 7.11 Å². The third kappa shape index (κ3) is 6.81. The first-order chi connectivity index (χ1) is 17.6. The largest absolute Gasteiger partial charge is 0.456 e. The lowest BCUT2D eigenvalue weighted by molar-refractivity contribution is -0.153. The number of esters is 1. The molecule has 9 heteroatoms. The molecule has 1 heterocycles. The molecule has 1 fully saturated rings. The lowest BCUT2D eigenvalue weighted by Crippen LogP contribution is -2.54. The molecule has 0 aliphatic carbocycles. The van der Waals surface area contributed by atoms with Gasteiger partial charge in [-0.25, -0.2) is 9.59 Å². The first kappa shape index (κ1) is 27.6. The minimum Gasteiger partial charge on any atom is -0.456 e. The molecule has 0 bridgehead atoms. The van der Waals surface area contributed by atoms with Crippen LogP contribution in [0.3, 0.4) is 0 Å². The predicted octanol–water partition coefficient (Wildman–Crippen LogP) is 3.65. The van der Waals surface area contributed by atoms with Gasteiger partial charge in [0.25, 0.3) is 0 Å². The molecule has 0 aromatic heterocycles. The number of hydrogen-bond acceptors (Lipinski definition) is 7. The van der Waals surface area contributed by atoms with Crippen LogP contribution in [0.2, 0.25) is 0 Å². The van der Waals surface area contributed by atoms with Crippen LogP contribution in [0.15, 0.2) is 48.5 Å². The van der Waals surface area contributed by atoms with E-state index in [0.29, 0.717) is 30.5 Å². The maximum Gasteiger partial charge on any atom is 0.407 e. The van der Waals surface area contributed by atoms with Crippen molar-refractivity contribution in [1.82, 2.24) is 10.2 Å². The van der Waals surface area contributed by atoms with E-state index in [1.807, 2.05) is 12.1 Å². The van der Waals surface area contributed by atoms with E-state index < -0.39 is 36.7 Å². The molecule has 0 saturated carbocycles. The van der Waals surface area contributed by atoms with Crippen LogP contribution < -0.4 is 5.32 Å². The second kappa shape index (κ2) is 12.3. The van der Waals surface area contributed by atoms with Crippen molar-refractivity contribution in [2.75, 3.05) is 20.3 Å². The molecule has 1 N–H and O–H groups in total. The van der Waals surface area contributed by atoms with Crippen LogP contribution in [0.4, 0.5) is 4.79 Å². The molecule has 2 aromatic carbocycles. The zero-order chi connectivity index (χ0) is 27.1. The smallest absolute Gasteiger partial charge is 0.407 e. The molecule has 3 rings (SSSR count). The Morgan fingerprint density at radius 2 is 1.51 bits per heavy atom. The van der Waals surface area contributed by atoms with Crippen LogP contribution in [0.25, 0.3) is 11.1 Å². The Bertz CT molecular complexity index is 1160. The second-order valence-electron chi connectivity index (χ2n) is 9.29. The molecule has 37 heavy (non-hydrogen) atoms. The van der Waals surface area contributed by atoms with Crippen LogP contribution in [-0.4, -0.2) is 66.8 Å². The number of likely N-dealkylation sites (tertiary alicyclic amines) is 1. The molecule has 0 radical (unpaired) electrons. The van der Waals surface area contributed by atoms with E-state index >= 15 is 0 Å². The van der Waals surface area contributed by atoms with Crippen molar-refractivity contribution in [2.24, 2.45) is 5.92 Å². The van der Waals surface area contributed by atoms with Crippen LogP contribution in [0.5, 0.6) is 0 Å². The summed E-state index contributed by atoms with van der Waals surface area (Å²) in [5.74, 6) is -1.64. The van der Waals surface area contributed by atoms with Crippen molar-refractivity contribution in [3.8, 4) is 11.1 Å². The second-order valence-corrected chi connectivity index (χ2v) is 9.29. The van der Waals surface area contributed by atoms with Crippen molar-refractivity contribution in [3.05, 3.63) is 59.7 Å². The monoisotopic (exact) mass is 508 g/mol. The Labute approximate surface area is 216 Å². The lowest BCUT2D eigenvalue weighted by Gasteiger charge is -2.29. The predicted molar refractivity (Wildman–Crippen MR) is 136 cm³/mol. The number of hydrogen-bond donors (Lipinski definition) is 1. The molecule has 0 spiro atoms. The van der Waals surface area contributed by atoms with Crippen molar-refractivity contribution >= 4 is 29.5 Å². The molecular weight excluding hydrogens is 476 g/mol. The lowest BCUT2D eigenvalue weighted by atomic mass is 10.0. The van der Waals surface area contributed by atoms with Crippen LogP contribution in [0, 0.1) is 5.92 Å². The SMILES string of the molecule is COC(=O)N[C@H](C(=O)N1CCCC1C(=O)OCC(=O)c1ccc(-c2ccc(C(C)=O)cc2)cc1)C(C)C. The standard InChI is InChI=1S/C28H32N2O7/c1-17(2)25(29-28(35)36-4)26(33)30-15-5-6-23(30)27(34)37-16-24(32)22-13-11-21(12-14-22)20-9-7-19(8-10-20)18(3)31/h7-14,17,23,25H,5-6,15-16H2,1-4H3,(H,29,35)/t23?,25-/m0/s1. The molecule has 196 valence electrons. The van der Waals surface area contributed by atoms with Crippen LogP contribution in [0.1, 0.15) is 54.3 Å². The number of ketones is 2. The quantitative estimate of drug-likeness (QED) is 0.406. The average molecular weight is 509 g/mol. The minimum atomic E-state index is -0.848. The highest BCUT2D eigenvalue weighted by Crippen LogP contribution is 2.23. The van der Waals surface area contributed by atoms with E-state index in [1.54, 1.807) is 50.2 Å². The first-order valence-corrected chi connectivity index (χ1v) is 12.2. The third-order valence-corrected chi connectivity index (χ3v) is 6.38. The number of nitrogens with one attached hydrogen (secondary N) is 1. The van der Waals surface area contributed by atoms with Crippen molar-refractivity contribution in [1.29, 1.82) is 0 Å². The van der Waals surface area contributed by atoms with Crippen LogP contribution >= 0.6 is 0 Å². The van der Waals surface area contributed by atoms with Crippen molar-refractivity contribution in [2.45, 2.75) is 45.7 Å². The zero-order valence-electron chi connectivity index (χ0n) is 21.5. The van der Waals surface area contributed by atoms with Gasteiger partial charge in [0.2, 0.25) is 5.91 Å². The summed E-state index contributed by atoms with van der Waals surface area (Å²) in [6.45, 7) is 4.99. The molecule has 1 saturated heterocycles. The third-order valence-electron chi connectivity index (χ3n) is 6.38. The minimum absolute atomic E-state index is 0.00951. The number of benzene rings is 2. The van der Waals surface area contributed by atoms with Crippen molar-refractivity contribution < 1.29 is 33.4 Å². The summed E-state index contributed by atoms with van der Waals surface area (Å²) in [7, 11) is 1.21. The molecule has 1 aliphatic heterocycles. The normalized spacial score (nSPS) is 15.7. The number of rotatable bonds is 9. The van der Waals surface area contributed by atoms with Gasteiger partial charge >= 0.3 is 12.1 Å². The van der Waals surface area contributed by atoms with Gasteiger partial charge in [0.1, 0.15) is 12.1 Å². The van der Waals surface area contributed by atoms with Gasteiger partial charge in [0, 0.05) is 17.7 Å². The Morgan fingerprint density at radius 3 is 2.03 bits per heavy atom. The summed E-state index contributed by atoms with van der Waals surface area (Å²) < 4.78 is 9.90.